The maximum absolute atomic E-state index is 11.8. The van der Waals surface area contributed by atoms with Crippen LogP contribution < -0.4 is 10.6 Å². The Bertz CT molecular complexity index is 498. The fraction of sp³-hybridized carbons (Fsp3) is 0.417. The fourth-order valence-corrected chi connectivity index (χ4v) is 2.09. The van der Waals surface area contributed by atoms with Gasteiger partial charge in [0, 0.05) is 24.6 Å². The van der Waals surface area contributed by atoms with E-state index in [1.165, 1.54) is 12.1 Å². The summed E-state index contributed by atoms with van der Waals surface area (Å²) in [7, 11) is 0. The number of non-ortho nitro benzene ring substituents is 1. The van der Waals surface area contributed by atoms with Gasteiger partial charge in [-0.3, -0.25) is 14.9 Å². The normalized spacial score (nSPS) is 18.2. The predicted octanol–water partition coefficient (Wildman–Crippen LogP) is 1.38. The van der Waals surface area contributed by atoms with Crippen LogP contribution in [0.4, 0.5) is 11.4 Å². The summed E-state index contributed by atoms with van der Waals surface area (Å²) in [6, 6.07) is 3.67. The van der Waals surface area contributed by atoms with Gasteiger partial charge in [0.2, 0.25) is 5.91 Å². The molecule has 102 valence electrons. The molecule has 7 heteroatoms. The molecule has 1 heterocycles. The second-order valence-corrected chi connectivity index (χ2v) is 4.50. The first-order chi connectivity index (χ1) is 9.06. The van der Waals surface area contributed by atoms with Crippen molar-refractivity contribution in [2.24, 2.45) is 0 Å². The molecular formula is C12H15N3O4. The summed E-state index contributed by atoms with van der Waals surface area (Å²) in [6.45, 7) is 0.903. The van der Waals surface area contributed by atoms with Crippen molar-refractivity contribution in [2.45, 2.75) is 25.3 Å². The van der Waals surface area contributed by atoms with Crippen molar-refractivity contribution in [3.8, 4) is 5.75 Å². The molecule has 0 aromatic heterocycles. The third-order valence-corrected chi connectivity index (χ3v) is 3.06. The number of benzene rings is 1. The molecule has 19 heavy (non-hydrogen) atoms. The highest BCUT2D eigenvalue weighted by Gasteiger charge is 2.19. The number of nitrogens with one attached hydrogen (secondary N) is 2. The molecule has 0 spiro atoms. The van der Waals surface area contributed by atoms with E-state index in [1.807, 2.05) is 0 Å². The second-order valence-electron chi connectivity index (χ2n) is 4.50. The molecule has 1 fully saturated rings. The van der Waals surface area contributed by atoms with Crippen LogP contribution in [0.3, 0.4) is 0 Å². The van der Waals surface area contributed by atoms with E-state index in [9.17, 15) is 20.0 Å². The summed E-state index contributed by atoms with van der Waals surface area (Å²) in [5.41, 5.74) is -0.107. The molecule has 0 bridgehead atoms. The molecule has 1 aromatic carbocycles. The van der Waals surface area contributed by atoms with E-state index in [-0.39, 0.29) is 29.1 Å². The third-order valence-electron chi connectivity index (χ3n) is 3.06. The van der Waals surface area contributed by atoms with Gasteiger partial charge in [0.05, 0.1) is 10.6 Å². The van der Waals surface area contributed by atoms with Crippen LogP contribution in [0.2, 0.25) is 0 Å². The molecule has 1 saturated heterocycles. The van der Waals surface area contributed by atoms with Gasteiger partial charge in [-0.15, -0.1) is 0 Å². The largest absolute Gasteiger partial charge is 0.506 e. The van der Waals surface area contributed by atoms with E-state index in [0.29, 0.717) is 6.42 Å². The molecule has 7 nitrogen and oxygen atoms in total. The summed E-state index contributed by atoms with van der Waals surface area (Å²) in [5, 5.41) is 25.9. The average Bonchev–Trinajstić information content (AvgIpc) is 2.84. The Morgan fingerprint density at radius 3 is 3.00 bits per heavy atom. The quantitative estimate of drug-likeness (QED) is 0.433. The number of rotatable bonds is 4. The number of amides is 1. The highest BCUT2D eigenvalue weighted by Crippen LogP contribution is 2.28. The maximum atomic E-state index is 11.8. The van der Waals surface area contributed by atoms with Crippen molar-refractivity contribution in [1.82, 2.24) is 5.32 Å². The third kappa shape index (κ3) is 3.41. The van der Waals surface area contributed by atoms with Gasteiger partial charge in [-0.25, -0.2) is 0 Å². The van der Waals surface area contributed by atoms with Crippen LogP contribution >= 0.6 is 0 Å². The monoisotopic (exact) mass is 265 g/mol. The number of carbonyl (C=O) groups excluding carboxylic acids is 1. The molecule has 0 radical (unpaired) electrons. The van der Waals surface area contributed by atoms with Gasteiger partial charge in [0.1, 0.15) is 5.75 Å². The SMILES string of the molecule is O=C(CC1CCCN1)Nc1cc([N+](=O)[O-])ccc1O. The van der Waals surface area contributed by atoms with Crippen molar-refractivity contribution < 1.29 is 14.8 Å². The topological polar surface area (TPSA) is 104 Å². The number of nitrogens with zero attached hydrogens (tertiary/aromatic N) is 1. The number of phenols is 1. The van der Waals surface area contributed by atoms with Crippen molar-refractivity contribution in [3.63, 3.8) is 0 Å². The van der Waals surface area contributed by atoms with E-state index >= 15 is 0 Å². The number of phenolic OH excluding ortho intramolecular Hbond substituents is 1. The molecule has 0 aliphatic carbocycles. The number of aromatic hydroxyl groups is 1. The second kappa shape index (κ2) is 5.66. The minimum atomic E-state index is -0.576. The van der Waals surface area contributed by atoms with Crippen molar-refractivity contribution >= 4 is 17.3 Å². The van der Waals surface area contributed by atoms with Crippen molar-refractivity contribution in [2.75, 3.05) is 11.9 Å². The lowest BCUT2D eigenvalue weighted by atomic mass is 10.1. The number of anilines is 1. The summed E-state index contributed by atoms with van der Waals surface area (Å²) < 4.78 is 0. The highest BCUT2D eigenvalue weighted by molar-refractivity contribution is 5.93. The summed E-state index contributed by atoms with van der Waals surface area (Å²) in [5.74, 6) is -0.450. The lowest BCUT2D eigenvalue weighted by Gasteiger charge is -2.11. The zero-order chi connectivity index (χ0) is 13.8. The minimum Gasteiger partial charge on any atom is -0.506 e. The predicted molar refractivity (Wildman–Crippen MR) is 69.0 cm³/mol. The zero-order valence-electron chi connectivity index (χ0n) is 10.3. The lowest BCUT2D eigenvalue weighted by molar-refractivity contribution is -0.384. The van der Waals surface area contributed by atoms with Gasteiger partial charge in [-0.2, -0.15) is 0 Å². The fourth-order valence-electron chi connectivity index (χ4n) is 2.09. The standard InChI is InChI=1S/C12H15N3O4/c16-11-4-3-9(15(18)19)7-10(11)14-12(17)6-8-2-1-5-13-8/h3-4,7-8,13,16H,1-2,5-6H2,(H,14,17). The summed E-state index contributed by atoms with van der Waals surface area (Å²) in [4.78, 5) is 21.8. The number of hydrogen-bond acceptors (Lipinski definition) is 5. The Balaban J connectivity index is 2.02. The van der Waals surface area contributed by atoms with E-state index in [1.54, 1.807) is 0 Å². The Labute approximate surface area is 109 Å². The molecule has 2 rings (SSSR count). The van der Waals surface area contributed by atoms with E-state index in [0.717, 1.165) is 25.5 Å². The molecule has 1 atom stereocenters. The molecule has 1 aromatic rings. The Hall–Kier alpha value is -2.15. The van der Waals surface area contributed by atoms with Crippen LogP contribution in [0, 0.1) is 10.1 Å². The maximum Gasteiger partial charge on any atom is 0.271 e. The minimum absolute atomic E-state index is 0.0668. The Kier molecular flexibility index (Phi) is 3.96. The highest BCUT2D eigenvalue weighted by atomic mass is 16.6. The molecular weight excluding hydrogens is 250 g/mol. The van der Waals surface area contributed by atoms with Crippen LogP contribution in [0.5, 0.6) is 5.75 Å². The van der Waals surface area contributed by atoms with E-state index in [2.05, 4.69) is 10.6 Å². The first kappa shape index (κ1) is 13.3. The zero-order valence-corrected chi connectivity index (χ0v) is 10.3. The first-order valence-electron chi connectivity index (χ1n) is 6.07. The lowest BCUT2D eigenvalue weighted by Crippen LogP contribution is -2.27. The number of carbonyl (C=O) groups is 1. The molecule has 1 aliphatic rings. The van der Waals surface area contributed by atoms with Gasteiger partial charge >= 0.3 is 0 Å². The van der Waals surface area contributed by atoms with Crippen LogP contribution in [-0.2, 0) is 4.79 Å². The van der Waals surface area contributed by atoms with Crippen LogP contribution in [-0.4, -0.2) is 28.5 Å². The Morgan fingerprint density at radius 1 is 1.58 bits per heavy atom. The molecule has 1 unspecified atom stereocenters. The van der Waals surface area contributed by atoms with Gasteiger partial charge in [0.15, 0.2) is 0 Å². The van der Waals surface area contributed by atoms with E-state index < -0.39 is 4.92 Å². The average molecular weight is 265 g/mol. The summed E-state index contributed by atoms with van der Waals surface area (Å²) >= 11 is 0. The van der Waals surface area contributed by atoms with Crippen molar-refractivity contribution in [1.29, 1.82) is 0 Å². The molecule has 1 aliphatic heterocycles. The molecule has 0 saturated carbocycles. The summed E-state index contributed by atoms with van der Waals surface area (Å²) in [6.07, 6.45) is 2.27. The van der Waals surface area contributed by atoms with Crippen molar-refractivity contribution in [3.05, 3.63) is 28.3 Å². The van der Waals surface area contributed by atoms with Gasteiger partial charge in [-0.1, -0.05) is 0 Å². The van der Waals surface area contributed by atoms with Gasteiger partial charge in [-0.05, 0) is 25.5 Å². The van der Waals surface area contributed by atoms with Crippen LogP contribution in [0.1, 0.15) is 19.3 Å². The van der Waals surface area contributed by atoms with Gasteiger partial charge < -0.3 is 15.7 Å². The molecule has 3 N–H and O–H groups in total. The van der Waals surface area contributed by atoms with Crippen LogP contribution in [0.15, 0.2) is 18.2 Å². The van der Waals surface area contributed by atoms with Crippen LogP contribution in [0.25, 0.3) is 0 Å². The molecule has 1 amide bonds. The number of hydrogen-bond donors (Lipinski definition) is 3. The smallest absolute Gasteiger partial charge is 0.271 e. The number of nitro groups is 1. The first-order valence-corrected chi connectivity index (χ1v) is 6.07. The number of nitro benzene ring substituents is 1. The van der Waals surface area contributed by atoms with Gasteiger partial charge in [0.25, 0.3) is 5.69 Å². The Morgan fingerprint density at radius 2 is 2.37 bits per heavy atom. The van der Waals surface area contributed by atoms with E-state index in [4.69, 9.17) is 0 Å².